The van der Waals surface area contributed by atoms with Gasteiger partial charge in [0.05, 0.1) is 10.9 Å². The Labute approximate surface area is 208 Å². The van der Waals surface area contributed by atoms with Crippen molar-refractivity contribution in [2.45, 2.75) is 85.8 Å². The Morgan fingerprint density at radius 3 is 1.47 bits per heavy atom. The molecule has 0 spiro atoms. The van der Waals surface area contributed by atoms with Gasteiger partial charge in [-0.05, 0) is 54.8 Å². The van der Waals surface area contributed by atoms with E-state index in [0.29, 0.717) is 0 Å². The molecule has 0 amide bonds. The lowest BCUT2D eigenvalue weighted by atomic mass is 10.0. The molecule has 0 heterocycles. The molecular weight excluding hydrogens is 440 g/mol. The summed E-state index contributed by atoms with van der Waals surface area (Å²) in [4.78, 5) is 12.6. The molecule has 0 aliphatic heterocycles. The van der Waals surface area contributed by atoms with E-state index in [4.69, 9.17) is 15.0 Å². The molecule has 3 aromatic rings. The van der Waals surface area contributed by atoms with Crippen LogP contribution in [0, 0.1) is 0 Å². The number of carbonyl (C=O) groups is 1. The van der Waals surface area contributed by atoms with Gasteiger partial charge in [0.1, 0.15) is 0 Å². The van der Waals surface area contributed by atoms with E-state index in [1.165, 1.54) is 84.5 Å². The number of carboxylic acid groups (broad SMARTS) is 2. The van der Waals surface area contributed by atoms with Crippen molar-refractivity contribution in [2.75, 3.05) is 0 Å². The van der Waals surface area contributed by atoms with Crippen LogP contribution in [0.4, 0.5) is 4.79 Å². The van der Waals surface area contributed by atoms with Crippen LogP contribution in [-0.4, -0.2) is 11.3 Å². The summed E-state index contributed by atoms with van der Waals surface area (Å²) < 4.78 is 0. The highest BCUT2D eigenvalue weighted by Crippen LogP contribution is 2.31. The maximum absolute atomic E-state index is 8.44. The van der Waals surface area contributed by atoms with E-state index in [0.717, 1.165) is 0 Å². The Balaban J connectivity index is 0.000000945. The molecular formula is C30H38O3S. The van der Waals surface area contributed by atoms with E-state index in [-0.39, 0.29) is 10.9 Å². The summed E-state index contributed by atoms with van der Waals surface area (Å²) in [6.45, 7) is 2.29. The summed E-state index contributed by atoms with van der Waals surface area (Å²) in [5.41, 5.74) is 1.48. The predicted molar refractivity (Wildman–Crippen MR) is 140 cm³/mol. The summed E-state index contributed by atoms with van der Waals surface area (Å²) in [6.07, 6.45) is 11.7. The first-order valence-electron chi connectivity index (χ1n) is 12.4. The molecule has 3 rings (SSSR count). The molecule has 0 fully saturated rings. The average molecular weight is 479 g/mol. The summed E-state index contributed by atoms with van der Waals surface area (Å²) >= 11 is 0. The number of hydrogen-bond donors (Lipinski definition) is 1. The third-order valence-electron chi connectivity index (χ3n) is 5.69. The van der Waals surface area contributed by atoms with Gasteiger partial charge in [0, 0.05) is 0 Å². The van der Waals surface area contributed by atoms with E-state index in [9.17, 15) is 0 Å². The fourth-order valence-electron chi connectivity index (χ4n) is 3.95. The van der Waals surface area contributed by atoms with Crippen LogP contribution in [-0.2, 0) is 17.3 Å². The molecule has 0 atom stereocenters. The molecule has 0 saturated heterocycles. The number of benzene rings is 3. The monoisotopic (exact) mass is 478 g/mol. The van der Waals surface area contributed by atoms with Crippen LogP contribution >= 0.6 is 0 Å². The van der Waals surface area contributed by atoms with Crippen molar-refractivity contribution in [1.29, 1.82) is 0 Å². The minimum absolute atomic E-state index is 0.0368. The SMILES string of the molecule is CCCCCCCCCCCc1ccc([S+](c2ccccc2)c2ccccc2)cc1.O=C([O-])O. The van der Waals surface area contributed by atoms with Crippen LogP contribution in [0.5, 0.6) is 0 Å². The number of unbranched alkanes of at least 4 members (excludes halogenated alkanes) is 8. The maximum Gasteiger partial charge on any atom is 0.249 e. The van der Waals surface area contributed by atoms with Gasteiger partial charge in [-0.15, -0.1) is 0 Å². The first-order valence-corrected chi connectivity index (χ1v) is 13.7. The van der Waals surface area contributed by atoms with Crippen molar-refractivity contribution >= 4 is 17.1 Å². The molecule has 1 N–H and O–H groups in total. The minimum atomic E-state index is -2.08. The van der Waals surface area contributed by atoms with Crippen molar-refractivity contribution in [1.82, 2.24) is 0 Å². The Kier molecular flexibility index (Phi) is 13.6. The molecule has 0 saturated carbocycles. The Morgan fingerprint density at radius 1 is 0.647 bits per heavy atom. The molecule has 182 valence electrons. The van der Waals surface area contributed by atoms with Crippen LogP contribution < -0.4 is 5.11 Å². The molecule has 0 bridgehead atoms. The van der Waals surface area contributed by atoms with Crippen molar-refractivity contribution in [2.24, 2.45) is 0 Å². The molecule has 4 heteroatoms. The van der Waals surface area contributed by atoms with E-state index < -0.39 is 6.16 Å². The Bertz CT molecular complexity index is 867. The highest BCUT2D eigenvalue weighted by molar-refractivity contribution is 7.97. The largest absolute Gasteiger partial charge is 0.565 e. The highest BCUT2D eigenvalue weighted by atomic mass is 32.2. The first kappa shape index (κ1) is 27.5. The van der Waals surface area contributed by atoms with Gasteiger partial charge in [-0.25, -0.2) is 0 Å². The molecule has 0 unspecified atom stereocenters. The number of aryl methyl sites for hydroxylation is 1. The standard InChI is InChI=1S/C29H37S.CH2O3/c1-2-3-4-5-6-7-8-9-12-17-26-22-24-29(25-23-26)30(27-18-13-10-14-19-27)28-20-15-11-16-21-28;2-1(3)4/h10-11,13-16,18-25H,2-9,12,17H2,1H3;(H2,2,3,4)/q+1;/p-1. The lowest BCUT2D eigenvalue weighted by Gasteiger charge is -2.09. The Hall–Kier alpha value is -2.72. The van der Waals surface area contributed by atoms with Gasteiger partial charge in [-0.3, -0.25) is 0 Å². The molecule has 3 nitrogen and oxygen atoms in total. The van der Waals surface area contributed by atoms with Crippen molar-refractivity contribution in [3.05, 3.63) is 90.5 Å². The van der Waals surface area contributed by atoms with E-state index in [1.54, 1.807) is 0 Å². The summed E-state index contributed by atoms with van der Waals surface area (Å²) in [5.74, 6) is 0. The smallest absolute Gasteiger partial charge is 0.249 e. The van der Waals surface area contributed by atoms with Gasteiger partial charge in [0.2, 0.25) is 6.16 Å². The zero-order valence-electron chi connectivity index (χ0n) is 20.3. The predicted octanol–water partition coefficient (Wildman–Crippen LogP) is 7.74. The minimum Gasteiger partial charge on any atom is -0.565 e. The third kappa shape index (κ3) is 10.9. The molecule has 34 heavy (non-hydrogen) atoms. The maximum atomic E-state index is 8.44. The summed E-state index contributed by atoms with van der Waals surface area (Å²) in [6, 6.07) is 31.2. The van der Waals surface area contributed by atoms with Crippen molar-refractivity contribution in [3.63, 3.8) is 0 Å². The second-order valence-electron chi connectivity index (χ2n) is 8.42. The molecule has 0 aliphatic rings. The van der Waals surface area contributed by atoms with Crippen LogP contribution in [0.15, 0.2) is 99.6 Å². The first-order chi connectivity index (χ1) is 16.6. The lowest BCUT2D eigenvalue weighted by Crippen LogP contribution is -2.17. The fourth-order valence-corrected chi connectivity index (χ4v) is 6.04. The molecule has 0 aromatic heterocycles. The quantitative estimate of drug-likeness (QED) is 0.202. The van der Waals surface area contributed by atoms with Gasteiger partial charge in [-0.1, -0.05) is 107 Å². The summed E-state index contributed by atoms with van der Waals surface area (Å²) in [5, 5.41) is 15.3. The van der Waals surface area contributed by atoms with Gasteiger partial charge in [0.15, 0.2) is 14.7 Å². The zero-order chi connectivity index (χ0) is 24.4. The normalized spacial score (nSPS) is 10.5. The number of hydrogen-bond acceptors (Lipinski definition) is 2. The number of rotatable bonds is 13. The lowest BCUT2D eigenvalue weighted by molar-refractivity contribution is -0.275. The van der Waals surface area contributed by atoms with Crippen LogP contribution in [0.1, 0.15) is 70.3 Å². The highest BCUT2D eigenvalue weighted by Gasteiger charge is 2.27. The summed E-state index contributed by atoms with van der Waals surface area (Å²) in [7, 11) is -0.0368. The molecule has 0 radical (unpaired) electrons. The zero-order valence-corrected chi connectivity index (χ0v) is 21.1. The van der Waals surface area contributed by atoms with E-state index in [1.807, 2.05) is 0 Å². The van der Waals surface area contributed by atoms with Crippen molar-refractivity contribution < 1.29 is 15.0 Å². The topological polar surface area (TPSA) is 60.4 Å². The van der Waals surface area contributed by atoms with Crippen LogP contribution in [0.2, 0.25) is 0 Å². The fraction of sp³-hybridized carbons (Fsp3) is 0.367. The van der Waals surface area contributed by atoms with Gasteiger partial charge in [0.25, 0.3) is 0 Å². The van der Waals surface area contributed by atoms with E-state index >= 15 is 0 Å². The van der Waals surface area contributed by atoms with Crippen LogP contribution in [0.25, 0.3) is 0 Å². The van der Waals surface area contributed by atoms with Gasteiger partial charge >= 0.3 is 0 Å². The third-order valence-corrected chi connectivity index (χ3v) is 7.92. The van der Waals surface area contributed by atoms with E-state index in [2.05, 4.69) is 91.9 Å². The van der Waals surface area contributed by atoms with Gasteiger partial charge in [-0.2, -0.15) is 0 Å². The molecule has 0 aliphatic carbocycles. The Morgan fingerprint density at radius 2 is 1.03 bits per heavy atom. The second-order valence-corrected chi connectivity index (χ2v) is 10.4. The average Bonchev–Trinajstić information content (AvgIpc) is 2.85. The van der Waals surface area contributed by atoms with Crippen molar-refractivity contribution in [3.8, 4) is 0 Å². The molecule has 3 aromatic carbocycles. The second kappa shape index (κ2) is 16.8. The van der Waals surface area contributed by atoms with Gasteiger partial charge < -0.3 is 15.0 Å². The van der Waals surface area contributed by atoms with Crippen LogP contribution in [0.3, 0.4) is 0 Å².